The third-order valence-electron chi connectivity index (χ3n) is 3.42. The number of H-pyrrole nitrogens is 1. The fourth-order valence-electron chi connectivity index (χ4n) is 2.46. The lowest BCUT2D eigenvalue weighted by atomic mass is 10.0. The van der Waals surface area contributed by atoms with Crippen molar-refractivity contribution in [3.63, 3.8) is 0 Å². The SMILES string of the molecule is CC1(C)CN(c2ccc(-c3ccc[nH]3)nn2)CCN1. The summed E-state index contributed by atoms with van der Waals surface area (Å²) >= 11 is 0. The van der Waals surface area contributed by atoms with Crippen molar-refractivity contribution in [1.29, 1.82) is 0 Å². The molecule has 3 heterocycles. The van der Waals surface area contributed by atoms with Crippen LogP contribution in [-0.2, 0) is 0 Å². The van der Waals surface area contributed by atoms with Crippen LogP contribution in [0.2, 0.25) is 0 Å². The Morgan fingerprint density at radius 1 is 1.21 bits per heavy atom. The van der Waals surface area contributed by atoms with Crippen LogP contribution in [-0.4, -0.2) is 40.4 Å². The predicted molar refractivity (Wildman–Crippen MR) is 76.1 cm³/mol. The van der Waals surface area contributed by atoms with Gasteiger partial charge in [0.2, 0.25) is 0 Å². The second-order valence-corrected chi connectivity index (χ2v) is 5.59. The number of hydrogen-bond acceptors (Lipinski definition) is 4. The van der Waals surface area contributed by atoms with E-state index in [0.29, 0.717) is 0 Å². The van der Waals surface area contributed by atoms with Crippen LogP contribution in [0.1, 0.15) is 13.8 Å². The van der Waals surface area contributed by atoms with E-state index in [1.54, 1.807) is 0 Å². The summed E-state index contributed by atoms with van der Waals surface area (Å²) in [5.74, 6) is 0.949. The van der Waals surface area contributed by atoms with Crippen molar-refractivity contribution in [3.8, 4) is 11.4 Å². The zero-order chi connectivity index (χ0) is 13.3. The van der Waals surface area contributed by atoms with Gasteiger partial charge in [-0.25, -0.2) is 0 Å². The molecule has 0 spiro atoms. The van der Waals surface area contributed by atoms with Gasteiger partial charge in [-0.15, -0.1) is 10.2 Å². The van der Waals surface area contributed by atoms with Crippen molar-refractivity contribution in [2.24, 2.45) is 0 Å². The Labute approximate surface area is 113 Å². The number of aromatic nitrogens is 3. The Morgan fingerprint density at radius 3 is 2.74 bits per heavy atom. The summed E-state index contributed by atoms with van der Waals surface area (Å²) in [5.41, 5.74) is 2.00. The molecule has 1 saturated heterocycles. The van der Waals surface area contributed by atoms with Crippen molar-refractivity contribution in [2.45, 2.75) is 19.4 Å². The summed E-state index contributed by atoms with van der Waals surface area (Å²) in [5, 5.41) is 12.1. The van der Waals surface area contributed by atoms with Crippen LogP contribution in [0.15, 0.2) is 30.5 Å². The molecule has 3 rings (SSSR count). The Kier molecular flexibility index (Phi) is 2.98. The molecule has 100 valence electrons. The van der Waals surface area contributed by atoms with Crippen LogP contribution < -0.4 is 10.2 Å². The zero-order valence-electron chi connectivity index (χ0n) is 11.3. The van der Waals surface area contributed by atoms with Crippen molar-refractivity contribution in [3.05, 3.63) is 30.5 Å². The van der Waals surface area contributed by atoms with Gasteiger partial charge < -0.3 is 15.2 Å². The first-order chi connectivity index (χ1) is 9.14. The number of rotatable bonds is 2. The molecular weight excluding hydrogens is 238 g/mol. The first-order valence-electron chi connectivity index (χ1n) is 6.62. The van der Waals surface area contributed by atoms with Gasteiger partial charge in [0, 0.05) is 31.4 Å². The van der Waals surface area contributed by atoms with E-state index in [1.807, 2.05) is 30.5 Å². The van der Waals surface area contributed by atoms with E-state index in [9.17, 15) is 0 Å². The Hall–Kier alpha value is -1.88. The maximum absolute atomic E-state index is 4.35. The van der Waals surface area contributed by atoms with Gasteiger partial charge in [-0.3, -0.25) is 0 Å². The van der Waals surface area contributed by atoms with Crippen LogP contribution in [0.4, 0.5) is 5.82 Å². The number of nitrogens with zero attached hydrogens (tertiary/aromatic N) is 3. The average molecular weight is 257 g/mol. The predicted octanol–water partition coefficient (Wildman–Crippen LogP) is 1.66. The molecule has 0 aromatic carbocycles. The standard InChI is InChI=1S/C14H19N5/c1-14(2)10-19(9-8-16-14)13-6-5-12(17-18-13)11-4-3-7-15-11/h3-7,15-16H,8-10H2,1-2H3. The molecule has 5 nitrogen and oxygen atoms in total. The van der Waals surface area contributed by atoms with Gasteiger partial charge in [-0.1, -0.05) is 0 Å². The zero-order valence-corrected chi connectivity index (χ0v) is 11.3. The second kappa shape index (κ2) is 4.66. The number of nitrogens with one attached hydrogen (secondary N) is 2. The first-order valence-corrected chi connectivity index (χ1v) is 6.62. The molecule has 2 N–H and O–H groups in total. The molecule has 2 aromatic heterocycles. The third-order valence-corrected chi connectivity index (χ3v) is 3.42. The van der Waals surface area contributed by atoms with Crippen LogP contribution in [0.3, 0.4) is 0 Å². The van der Waals surface area contributed by atoms with Crippen molar-refractivity contribution < 1.29 is 0 Å². The molecule has 5 heteroatoms. The highest BCUT2D eigenvalue weighted by molar-refractivity contribution is 5.55. The summed E-state index contributed by atoms with van der Waals surface area (Å²) in [6, 6.07) is 8.02. The maximum Gasteiger partial charge on any atom is 0.151 e. The minimum absolute atomic E-state index is 0.123. The third kappa shape index (κ3) is 2.61. The maximum atomic E-state index is 4.35. The number of anilines is 1. The van der Waals surface area contributed by atoms with Gasteiger partial charge in [0.05, 0.1) is 5.69 Å². The van der Waals surface area contributed by atoms with Gasteiger partial charge in [-0.2, -0.15) is 0 Å². The van der Waals surface area contributed by atoms with E-state index in [-0.39, 0.29) is 5.54 Å². The summed E-state index contributed by atoms with van der Waals surface area (Å²) < 4.78 is 0. The van der Waals surface area contributed by atoms with Crippen molar-refractivity contribution in [2.75, 3.05) is 24.5 Å². The minimum atomic E-state index is 0.123. The quantitative estimate of drug-likeness (QED) is 0.859. The Morgan fingerprint density at radius 2 is 2.11 bits per heavy atom. The second-order valence-electron chi connectivity index (χ2n) is 5.59. The Bertz CT molecular complexity index is 529. The molecule has 19 heavy (non-hydrogen) atoms. The summed E-state index contributed by atoms with van der Waals surface area (Å²) in [6.45, 7) is 7.32. The molecule has 2 aromatic rings. The van der Waals surface area contributed by atoms with E-state index < -0.39 is 0 Å². The summed E-state index contributed by atoms with van der Waals surface area (Å²) in [4.78, 5) is 5.42. The normalized spacial score (nSPS) is 18.5. The number of hydrogen-bond donors (Lipinski definition) is 2. The topological polar surface area (TPSA) is 56.8 Å². The lowest BCUT2D eigenvalue weighted by molar-refractivity contribution is 0.351. The molecule has 0 radical (unpaired) electrons. The van der Waals surface area contributed by atoms with E-state index in [0.717, 1.165) is 36.8 Å². The highest BCUT2D eigenvalue weighted by Gasteiger charge is 2.26. The largest absolute Gasteiger partial charge is 0.360 e. The van der Waals surface area contributed by atoms with E-state index in [4.69, 9.17) is 0 Å². The monoisotopic (exact) mass is 257 g/mol. The lowest BCUT2D eigenvalue weighted by Gasteiger charge is -2.39. The molecule has 0 unspecified atom stereocenters. The molecular formula is C14H19N5. The van der Waals surface area contributed by atoms with Crippen molar-refractivity contribution in [1.82, 2.24) is 20.5 Å². The van der Waals surface area contributed by atoms with Crippen molar-refractivity contribution >= 4 is 5.82 Å². The van der Waals surface area contributed by atoms with Gasteiger partial charge in [0.25, 0.3) is 0 Å². The van der Waals surface area contributed by atoms with Gasteiger partial charge in [0.1, 0.15) is 5.69 Å². The Balaban J connectivity index is 1.79. The smallest absolute Gasteiger partial charge is 0.151 e. The fourth-order valence-corrected chi connectivity index (χ4v) is 2.46. The van der Waals surface area contributed by atoms with Crippen LogP contribution in [0, 0.1) is 0 Å². The minimum Gasteiger partial charge on any atom is -0.360 e. The molecule has 1 aliphatic heterocycles. The van der Waals surface area contributed by atoms with Crippen LogP contribution in [0.5, 0.6) is 0 Å². The molecule has 0 aliphatic carbocycles. The summed E-state index contributed by atoms with van der Waals surface area (Å²) in [6.07, 6.45) is 1.89. The lowest BCUT2D eigenvalue weighted by Crippen LogP contribution is -2.57. The average Bonchev–Trinajstić information content (AvgIpc) is 2.92. The first kappa shape index (κ1) is 12.2. The van der Waals surface area contributed by atoms with E-state index in [1.165, 1.54) is 0 Å². The molecule has 1 aliphatic rings. The molecule has 0 amide bonds. The van der Waals surface area contributed by atoms with E-state index in [2.05, 4.69) is 39.2 Å². The van der Waals surface area contributed by atoms with Gasteiger partial charge in [0.15, 0.2) is 5.82 Å². The van der Waals surface area contributed by atoms with Crippen LogP contribution in [0.25, 0.3) is 11.4 Å². The number of piperazine rings is 1. The van der Waals surface area contributed by atoms with Crippen LogP contribution >= 0.6 is 0 Å². The molecule has 0 atom stereocenters. The van der Waals surface area contributed by atoms with Gasteiger partial charge >= 0.3 is 0 Å². The van der Waals surface area contributed by atoms with Gasteiger partial charge in [-0.05, 0) is 38.1 Å². The number of aromatic amines is 1. The van der Waals surface area contributed by atoms with E-state index >= 15 is 0 Å². The molecule has 1 fully saturated rings. The molecule has 0 bridgehead atoms. The summed E-state index contributed by atoms with van der Waals surface area (Å²) in [7, 11) is 0. The highest BCUT2D eigenvalue weighted by Crippen LogP contribution is 2.19. The highest BCUT2D eigenvalue weighted by atomic mass is 15.3. The molecule has 0 saturated carbocycles. The fraction of sp³-hybridized carbons (Fsp3) is 0.429.